The van der Waals surface area contributed by atoms with Gasteiger partial charge >= 0.3 is 0 Å². The molecule has 172 valence electrons. The third-order valence-electron chi connectivity index (χ3n) is 6.61. The second kappa shape index (κ2) is 12.6. The van der Waals surface area contributed by atoms with Gasteiger partial charge in [0.05, 0.1) is 18.8 Å². The highest BCUT2D eigenvalue weighted by Crippen LogP contribution is 2.23. The van der Waals surface area contributed by atoms with Crippen LogP contribution in [-0.4, -0.2) is 86.1 Å². The lowest BCUT2D eigenvalue weighted by Gasteiger charge is -2.37. The summed E-state index contributed by atoms with van der Waals surface area (Å²) in [7, 11) is 0. The van der Waals surface area contributed by atoms with Gasteiger partial charge in [0.2, 0.25) is 11.8 Å². The average molecular weight is 426 g/mol. The number of carbonyl (C=O) groups is 2. The molecule has 0 aromatic rings. The van der Waals surface area contributed by atoms with E-state index >= 15 is 0 Å². The molecular formula is C22H39N3O5. The van der Waals surface area contributed by atoms with E-state index < -0.39 is 0 Å². The van der Waals surface area contributed by atoms with Crippen molar-refractivity contribution in [3.63, 3.8) is 0 Å². The highest BCUT2D eigenvalue weighted by molar-refractivity contribution is 5.79. The van der Waals surface area contributed by atoms with Gasteiger partial charge in [0.1, 0.15) is 6.10 Å². The van der Waals surface area contributed by atoms with Crippen LogP contribution in [0.2, 0.25) is 0 Å². The number of likely N-dealkylation sites (tertiary alicyclic amines) is 1. The van der Waals surface area contributed by atoms with Gasteiger partial charge in [-0.2, -0.15) is 0 Å². The van der Waals surface area contributed by atoms with Gasteiger partial charge in [-0.3, -0.25) is 9.59 Å². The van der Waals surface area contributed by atoms with Gasteiger partial charge in [0.15, 0.2) is 0 Å². The maximum Gasteiger partial charge on any atom is 0.223 e. The van der Waals surface area contributed by atoms with Crippen LogP contribution in [0.1, 0.15) is 57.8 Å². The van der Waals surface area contributed by atoms with Crippen LogP contribution in [0.4, 0.5) is 0 Å². The number of aliphatic hydroxyl groups is 1. The van der Waals surface area contributed by atoms with Crippen molar-refractivity contribution >= 4 is 11.8 Å². The van der Waals surface area contributed by atoms with E-state index in [0.717, 1.165) is 51.7 Å². The molecule has 0 aromatic heterocycles. The van der Waals surface area contributed by atoms with Crippen LogP contribution in [0.25, 0.3) is 0 Å². The molecular weight excluding hydrogens is 386 g/mol. The van der Waals surface area contributed by atoms with E-state index in [4.69, 9.17) is 9.47 Å². The molecule has 30 heavy (non-hydrogen) atoms. The van der Waals surface area contributed by atoms with Gasteiger partial charge in [-0.15, -0.1) is 0 Å². The van der Waals surface area contributed by atoms with Crippen molar-refractivity contribution in [3.8, 4) is 0 Å². The summed E-state index contributed by atoms with van der Waals surface area (Å²) in [6, 6.07) is -0.152. The Morgan fingerprint density at radius 3 is 2.53 bits per heavy atom. The summed E-state index contributed by atoms with van der Waals surface area (Å²) in [5.74, 6) is 0.137. The summed E-state index contributed by atoms with van der Waals surface area (Å²) < 4.78 is 11.3. The van der Waals surface area contributed by atoms with Gasteiger partial charge in [0.25, 0.3) is 0 Å². The van der Waals surface area contributed by atoms with Crippen molar-refractivity contribution in [2.24, 2.45) is 5.92 Å². The SMILES string of the molecule is O=C(CCN1CCCCC1)NCC[C@H]1CC[C@@H](NC(=O)C2CCOCC2)[C@@H](CO)O1. The largest absolute Gasteiger partial charge is 0.394 e. The first kappa shape index (κ1) is 23.4. The zero-order valence-corrected chi connectivity index (χ0v) is 18.2. The van der Waals surface area contributed by atoms with Crippen LogP contribution in [0.5, 0.6) is 0 Å². The summed E-state index contributed by atoms with van der Waals surface area (Å²) in [4.78, 5) is 26.9. The summed E-state index contributed by atoms with van der Waals surface area (Å²) in [5.41, 5.74) is 0. The number of amides is 2. The van der Waals surface area contributed by atoms with Gasteiger partial charge in [-0.25, -0.2) is 0 Å². The molecule has 8 heteroatoms. The van der Waals surface area contributed by atoms with Crippen LogP contribution in [0, 0.1) is 5.92 Å². The van der Waals surface area contributed by atoms with Gasteiger partial charge in [-0.05, 0) is 58.0 Å². The normalized spacial score (nSPS) is 28.8. The minimum absolute atomic E-state index is 0.000720. The Hall–Kier alpha value is -1.22. The topological polar surface area (TPSA) is 100 Å². The van der Waals surface area contributed by atoms with Crippen LogP contribution in [0.15, 0.2) is 0 Å². The molecule has 3 aliphatic heterocycles. The fourth-order valence-corrected chi connectivity index (χ4v) is 4.67. The van der Waals surface area contributed by atoms with Crippen LogP contribution in [-0.2, 0) is 19.1 Å². The molecule has 0 aromatic carbocycles. The molecule has 0 unspecified atom stereocenters. The van der Waals surface area contributed by atoms with E-state index in [-0.39, 0.29) is 42.6 Å². The standard InChI is InChI=1S/C22H39N3O5/c26-16-20-19(24-22(28)17-8-14-29-15-9-17)5-4-18(30-20)6-10-23-21(27)7-13-25-11-2-1-3-12-25/h17-20,26H,1-16H2,(H,23,27)(H,24,28)/t18-,19-,20-/m1/s1. The lowest BCUT2D eigenvalue weighted by Crippen LogP contribution is -2.52. The van der Waals surface area contributed by atoms with E-state index in [1.54, 1.807) is 0 Å². The first-order valence-corrected chi connectivity index (χ1v) is 11.8. The smallest absolute Gasteiger partial charge is 0.223 e. The molecule has 3 fully saturated rings. The second-order valence-corrected chi connectivity index (χ2v) is 8.85. The van der Waals surface area contributed by atoms with E-state index in [1.165, 1.54) is 19.3 Å². The molecule has 8 nitrogen and oxygen atoms in total. The minimum atomic E-state index is -0.387. The Balaban J connectivity index is 1.31. The monoisotopic (exact) mass is 425 g/mol. The van der Waals surface area contributed by atoms with E-state index in [1.807, 2.05) is 0 Å². The van der Waals surface area contributed by atoms with Crippen LogP contribution >= 0.6 is 0 Å². The van der Waals surface area contributed by atoms with Gasteiger partial charge in [0, 0.05) is 38.6 Å². The Bertz CT molecular complexity index is 535. The highest BCUT2D eigenvalue weighted by atomic mass is 16.5. The Labute approximate surface area is 180 Å². The van der Waals surface area contributed by atoms with Crippen molar-refractivity contribution in [3.05, 3.63) is 0 Å². The van der Waals surface area contributed by atoms with Crippen LogP contribution in [0.3, 0.4) is 0 Å². The summed E-state index contributed by atoms with van der Waals surface area (Å²) in [6.07, 6.45) is 7.78. The number of nitrogens with one attached hydrogen (secondary N) is 2. The number of carbonyl (C=O) groups excluding carboxylic acids is 2. The molecule has 2 amide bonds. The molecule has 0 saturated carbocycles. The first-order valence-electron chi connectivity index (χ1n) is 11.8. The number of hydrogen-bond donors (Lipinski definition) is 3. The maximum atomic E-state index is 12.5. The molecule has 3 saturated heterocycles. The van der Waals surface area contributed by atoms with E-state index in [2.05, 4.69) is 15.5 Å². The number of nitrogens with zero attached hydrogens (tertiary/aromatic N) is 1. The first-order chi connectivity index (χ1) is 14.7. The van der Waals surface area contributed by atoms with Crippen LogP contribution < -0.4 is 10.6 Å². The molecule has 3 heterocycles. The second-order valence-electron chi connectivity index (χ2n) is 8.85. The van der Waals surface area contributed by atoms with Crippen molar-refractivity contribution in [1.82, 2.24) is 15.5 Å². The fraction of sp³-hybridized carbons (Fsp3) is 0.909. The molecule has 3 aliphatic rings. The number of hydrogen-bond acceptors (Lipinski definition) is 6. The maximum absolute atomic E-state index is 12.5. The Kier molecular flexibility index (Phi) is 9.84. The third-order valence-corrected chi connectivity index (χ3v) is 6.61. The predicted octanol–water partition coefficient (Wildman–Crippen LogP) is 0.820. The third kappa shape index (κ3) is 7.48. The molecule has 0 radical (unpaired) electrons. The highest BCUT2D eigenvalue weighted by Gasteiger charge is 2.33. The summed E-state index contributed by atoms with van der Waals surface area (Å²) >= 11 is 0. The van der Waals surface area contributed by atoms with E-state index in [9.17, 15) is 14.7 Å². The van der Waals surface area contributed by atoms with E-state index in [0.29, 0.717) is 26.2 Å². The lowest BCUT2D eigenvalue weighted by molar-refractivity contribution is -0.135. The van der Waals surface area contributed by atoms with Crippen molar-refractivity contribution in [2.75, 3.05) is 46.0 Å². The number of rotatable bonds is 9. The molecule has 0 aliphatic carbocycles. The van der Waals surface area contributed by atoms with Gasteiger partial charge < -0.3 is 30.1 Å². The quantitative estimate of drug-likeness (QED) is 0.506. The molecule has 3 N–H and O–H groups in total. The summed E-state index contributed by atoms with van der Waals surface area (Å²) in [6.45, 7) is 4.80. The molecule has 0 spiro atoms. The average Bonchev–Trinajstić information content (AvgIpc) is 2.79. The van der Waals surface area contributed by atoms with Crippen molar-refractivity contribution in [1.29, 1.82) is 0 Å². The molecule has 0 bridgehead atoms. The molecule has 3 rings (SSSR count). The Morgan fingerprint density at radius 1 is 1.03 bits per heavy atom. The number of piperidine rings is 1. The zero-order valence-electron chi connectivity index (χ0n) is 18.2. The zero-order chi connectivity index (χ0) is 21.2. The van der Waals surface area contributed by atoms with Crippen molar-refractivity contribution < 1.29 is 24.2 Å². The predicted molar refractivity (Wildman–Crippen MR) is 113 cm³/mol. The summed E-state index contributed by atoms with van der Waals surface area (Å²) in [5, 5.41) is 15.8. The number of ether oxygens (including phenoxy) is 2. The lowest BCUT2D eigenvalue weighted by atomic mass is 9.94. The molecule has 3 atom stereocenters. The Morgan fingerprint density at radius 2 is 1.80 bits per heavy atom. The fourth-order valence-electron chi connectivity index (χ4n) is 4.67. The minimum Gasteiger partial charge on any atom is -0.394 e. The van der Waals surface area contributed by atoms with Gasteiger partial charge in [-0.1, -0.05) is 6.42 Å². The van der Waals surface area contributed by atoms with Crippen molar-refractivity contribution in [2.45, 2.75) is 76.0 Å². The number of aliphatic hydroxyl groups excluding tert-OH is 1.